The molecule has 1 amide bonds. The Bertz CT molecular complexity index is 1140. The number of aromatic nitrogens is 2. The number of hydrogen-bond acceptors (Lipinski definition) is 6. The van der Waals surface area contributed by atoms with E-state index in [0.717, 1.165) is 71.9 Å². The van der Waals surface area contributed by atoms with E-state index in [0.29, 0.717) is 5.56 Å². The molecule has 0 bridgehead atoms. The van der Waals surface area contributed by atoms with Crippen LogP contribution in [-0.2, 0) is 12.8 Å². The van der Waals surface area contributed by atoms with Crippen LogP contribution in [0.2, 0.25) is 0 Å². The number of rotatable bonds is 4. The number of nitrogens with zero attached hydrogens (tertiary/aromatic N) is 3. The molecule has 2 N–H and O–H groups in total. The van der Waals surface area contributed by atoms with Crippen LogP contribution in [0.25, 0.3) is 10.2 Å². The summed E-state index contributed by atoms with van der Waals surface area (Å²) in [5, 5.41) is 8.93. The van der Waals surface area contributed by atoms with Gasteiger partial charge in [0.1, 0.15) is 17.0 Å². The number of aryl methyl sites for hydroxylation is 2. The molecule has 31 heavy (non-hydrogen) atoms. The molecule has 2 aromatic heterocycles. The molecule has 2 aliphatic carbocycles. The molecule has 2 aliphatic rings. The Labute approximate surface area is 186 Å². The molecule has 0 spiro atoms. The predicted molar refractivity (Wildman–Crippen MR) is 126 cm³/mol. The summed E-state index contributed by atoms with van der Waals surface area (Å²) in [7, 11) is 0. The Kier molecular flexibility index (Phi) is 5.68. The van der Waals surface area contributed by atoms with Crippen molar-refractivity contribution >= 4 is 44.7 Å². The minimum absolute atomic E-state index is 0.185. The van der Waals surface area contributed by atoms with Crippen molar-refractivity contribution in [2.45, 2.75) is 58.3 Å². The number of amides is 1. The van der Waals surface area contributed by atoms with Crippen LogP contribution in [0.3, 0.4) is 0 Å². The van der Waals surface area contributed by atoms with Crippen molar-refractivity contribution in [3.05, 3.63) is 46.6 Å². The first kappa shape index (κ1) is 20.1. The number of fused-ring (bicyclic) bond motifs is 3. The molecule has 0 atom stereocenters. The molecule has 0 radical (unpaired) electrons. The van der Waals surface area contributed by atoms with Crippen molar-refractivity contribution in [1.29, 1.82) is 0 Å². The van der Waals surface area contributed by atoms with E-state index in [1.54, 1.807) is 17.7 Å². The molecule has 7 heteroatoms. The predicted octanol–water partition coefficient (Wildman–Crippen LogP) is 5.61. The van der Waals surface area contributed by atoms with Crippen LogP contribution in [-0.4, -0.2) is 21.6 Å². The number of anilines is 2. The van der Waals surface area contributed by atoms with Gasteiger partial charge in [0.15, 0.2) is 0 Å². The van der Waals surface area contributed by atoms with Crippen LogP contribution >= 0.6 is 11.3 Å². The van der Waals surface area contributed by atoms with Gasteiger partial charge in [0, 0.05) is 21.8 Å². The van der Waals surface area contributed by atoms with Gasteiger partial charge in [-0.25, -0.2) is 15.4 Å². The lowest BCUT2D eigenvalue weighted by atomic mass is 9.90. The second-order valence-corrected chi connectivity index (χ2v) is 9.70. The number of benzene rings is 1. The molecule has 0 unspecified atom stereocenters. The van der Waals surface area contributed by atoms with Crippen LogP contribution < -0.4 is 10.7 Å². The van der Waals surface area contributed by atoms with Crippen molar-refractivity contribution in [2.24, 2.45) is 11.0 Å². The third kappa shape index (κ3) is 4.32. The van der Waals surface area contributed by atoms with Gasteiger partial charge in [0.2, 0.25) is 0 Å². The molecule has 6 nitrogen and oxygen atoms in total. The topological polar surface area (TPSA) is 79.3 Å². The zero-order valence-electron chi connectivity index (χ0n) is 17.8. The molecule has 160 valence electrons. The lowest BCUT2D eigenvalue weighted by Gasteiger charge is -2.18. The van der Waals surface area contributed by atoms with E-state index in [1.807, 2.05) is 24.3 Å². The molecule has 3 aromatic rings. The SMILES string of the molecule is CC1CCC(=NNC(=O)c2cccc(Nc3ncnc4sc5c(c34)CCCC5)c2)CC1. The monoisotopic (exact) mass is 433 g/mol. The summed E-state index contributed by atoms with van der Waals surface area (Å²) in [6, 6.07) is 7.50. The van der Waals surface area contributed by atoms with Gasteiger partial charge < -0.3 is 5.32 Å². The van der Waals surface area contributed by atoms with Gasteiger partial charge in [-0.1, -0.05) is 13.0 Å². The second kappa shape index (κ2) is 8.75. The molecule has 1 saturated carbocycles. The first-order valence-electron chi connectivity index (χ1n) is 11.2. The van der Waals surface area contributed by atoms with Gasteiger partial charge >= 0.3 is 0 Å². The fourth-order valence-corrected chi connectivity index (χ4v) is 5.69. The highest BCUT2D eigenvalue weighted by molar-refractivity contribution is 7.19. The van der Waals surface area contributed by atoms with Crippen LogP contribution in [0.15, 0.2) is 35.7 Å². The van der Waals surface area contributed by atoms with Crippen LogP contribution in [0.4, 0.5) is 11.5 Å². The van der Waals surface area contributed by atoms with Crippen LogP contribution in [0.5, 0.6) is 0 Å². The summed E-state index contributed by atoms with van der Waals surface area (Å²) in [6.45, 7) is 2.27. The molecule has 2 heterocycles. The van der Waals surface area contributed by atoms with Crippen molar-refractivity contribution < 1.29 is 4.79 Å². The Morgan fingerprint density at radius 2 is 1.97 bits per heavy atom. The number of thiophene rings is 1. The largest absolute Gasteiger partial charge is 0.340 e. The van der Waals surface area contributed by atoms with Gasteiger partial charge in [-0.3, -0.25) is 4.79 Å². The standard InChI is InChI=1S/C24H27N5OS/c1-15-9-11-17(12-10-15)28-29-23(30)16-5-4-6-18(13-16)27-22-21-19-7-2-3-8-20(19)31-24(21)26-14-25-22/h4-6,13-15H,2-3,7-12H2,1H3,(H,29,30)(H,25,26,27). The van der Waals surface area contributed by atoms with Crippen molar-refractivity contribution in [3.8, 4) is 0 Å². The minimum atomic E-state index is -0.185. The van der Waals surface area contributed by atoms with Crippen molar-refractivity contribution in [1.82, 2.24) is 15.4 Å². The molecule has 0 saturated heterocycles. The summed E-state index contributed by atoms with van der Waals surface area (Å²) in [5.74, 6) is 1.38. The highest BCUT2D eigenvalue weighted by atomic mass is 32.1. The number of carbonyl (C=O) groups is 1. The normalized spacial score (nSPS) is 18.5. The van der Waals surface area contributed by atoms with E-state index in [4.69, 9.17) is 0 Å². The third-order valence-corrected chi connectivity index (χ3v) is 7.51. The maximum atomic E-state index is 12.6. The molecule has 0 aliphatic heterocycles. The number of hydrogen-bond donors (Lipinski definition) is 2. The van der Waals surface area contributed by atoms with E-state index in [2.05, 4.69) is 32.7 Å². The van der Waals surface area contributed by atoms with E-state index < -0.39 is 0 Å². The Morgan fingerprint density at radius 3 is 2.84 bits per heavy atom. The summed E-state index contributed by atoms with van der Waals surface area (Å²) in [6.07, 6.45) is 10.5. The summed E-state index contributed by atoms with van der Waals surface area (Å²) in [5.41, 5.74) is 6.63. The number of hydrazone groups is 1. The maximum absolute atomic E-state index is 12.6. The average Bonchev–Trinajstić information content (AvgIpc) is 3.18. The first-order valence-corrected chi connectivity index (χ1v) is 12.0. The molecule has 1 fully saturated rings. The highest BCUT2D eigenvalue weighted by Gasteiger charge is 2.20. The second-order valence-electron chi connectivity index (χ2n) is 8.62. The van der Waals surface area contributed by atoms with Gasteiger partial charge in [-0.15, -0.1) is 11.3 Å². The quantitative estimate of drug-likeness (QED) is 0.524. The average molecular weight is 434 g/mol. The van der Waals surface area contributed by atoms with Gasteiger partial charge in [0.05, 0.1) is 5.39 Å². The van der Waals surface area contributed by atoms with Crippen LogP contribution in [0, 0.1) is 5.92 Å². The Balaban J connectivity index is 1.35. The van der Waals surface area contributed by atoms with E-state index in [1.165, 1.54) is 23.3 Å². The summed E-state index contributed by atoms with van der Waals surface area (Å²) >= 11 is 1.78. The third-order valence-electron chi connectivity index (χ3n) is 6.31. The van der Waals surface area contributed by atoms with Gasteiger partial charge in [-0.05, 0) is 81.0 Å². The van der Waals surface area contributed by atoms with E-state index in [9.17, 15) is 4.79 Å². The van der Waals surface area contributed by atoms with Gasteiger partial charge in [0.25, 0.3) is 5.91 Å². The number of nitrogens with one attached hydrogen (secondary N) is 2. The van der Waals surface area contributed by atoms with E-state index >= 15 is 0 Å². The van der Waals surface area contributed by atoms with Gasteiger partial charge in [-0.2, -0.15) is 5.10 Å². The lowest BCUT2D eigenvalue weighted by Crippen LogP contribution is -2.21. The molecular weight excluding hydrogens is 406 g/mol. The number of carbonyl (C=O) groups excluding carboxylic acids is 1. The van der Waals surface area contributed by atoms with Crippen molar-refractivity contribution in [2.75, 3.05) is 5.32 Å². The molecular formula is C24H27N5OS. The fourth-order valence-electron chi connectivity index (χ4n) is 4.46. The van der Waals surface area contributed by atoms with E-state index in [-0.39, 0.29) is 5.91 Å². The first-order chi connectivity index (χ1) is 15.2. The van der Waals surface area contributed by atoms with Crippen LogP contribution in [0.1, 0.15) is 66.2 Å². The molecule has 5 rings (SSSR count). The minimum Gasteiger partial charge on any atom is -0.340 e. The zero-order valence-corrected chi connectivity index (χ0v) is 18.6. The smallest absolute Gasteiger partial charge is 0.271 e. The molecule has 1 aromatic carbocycles. The van der Waals surface area contributed by atoms with Crippen molar-refractivity contribution in [3.63, 3.8) is 0 Å². The zero-order chi connectivity index (χ0) is 21.2. The lowest BCUT2D eigenvalue weighted by molar-refractivity contribution is 0.0954. The highest BCUT2D eigenvalue weighted by Crippen LogP contribution is 2.38. The Hall–Kier alpha value is -2.80. The summed E-state index contributed by atoms with van der Waals surface area (Å²) in [4.78, 5) is 24.1. The fraction of sp³-hybridized carbons (Fsp3) is 0.417. The maximum Gasteiger partial charge on any atom is 0.271 e. The summed E-state index contributed by atoms with van der Waals surface area (Å²) < 4.78 is 0. The Morgan fingerprint density at radius 1 is 1.13 bits per heavy atom.